The summed E-state index contributed by atoms with van der Waals surface area (Å²) in [6, 6.07) is 5.63. The minimum atomic E-state index is -0.740. The molecule has 7 nitrogen and oxygen atoms in total. The van der Waals surface area contributed by atoms with Crippen LogP contribution in [0.2, 0.25) is 0 Å². The van der Waals surface area contributed by atoms with Crippen LogP contribution in [0.1, 0.15) is 32.3 Å². The number of ether oxygens (including phenoxy) is 5. The summed E-state index contributed by atoms with van der Waals surface area (Å²) in [5.74, 6) is 1.40. The van der Waals surface area contributed by atoms with Crippen molar-refractivity contribution in [1.29, 1.82) is 0 Å². The molecule has 0 saturated carbocycles. The maximum absolute atomic E-state index is 12.8. The van der Waals surface area contributed by atoms with E-state index in [0.29, 0.717) is 44.1 Å². The Kier molecular flexibility index (Phi) is 4.97. The van der Waals surface area contributed by atoms with E-state index in [0.717, 1.165) is 5.56 Å². The molecule has 3 aliphatic rings. The van der Waals surface area contributed by atoms with Gasteiger partial charge in [-0.1, -0.05) is 18.2 Å². The second kappa shape index (κ2) is 7.40. The monoisotopic (exact) mass is 375 g/mol. The molecule has 0 N–H and O–H groups in total. The molecule has 0 aromatic heterocycles. The average Bonchev–Trinajstić information content (AvgIpc) is 3.25. The fourth-order valence-corrected chi connectivity index (χ4v) is 4.06. The molecule has 27 heavy (non-hydrogen) atoms. The number of carbonyl (C=O) groups excluding carboxylic acids is 1. The molecule has 0 unspecified atom stereocenters. The number of rotatable bonds is 7. The van der Waals surface area contributed by atoms with Crippen molar-refractivity contribution in [1.82, 2.24) is 4.90 Å². The van der Waals surface area contributed by atoms with Gasteiger partial charge in [0, 0.05) is 25.2 Å². The molecule has 146 valence electrons. The highest BCUT2D eigenvalue weighted by Crippen LogP contribution is 2.48. The minimum Gasteiger partial charge on any atom is -0.454 e. The Morgan fingerprint density at radius 2 is 1.96 bits per heavy atom. The summed E-state index contributed by atoms with van der Waals surface area (Å²) in [4.78, 5) is 14.5. The number of amides is 1. The molecular weight excluding hydrogens is 350 g/mol. The predicted molar refractivity (Wildman–Crippen MR) is 96.6 cm³/mol. The molecule has 1 aromatic carbocycles. The predicted octanol–water partition coefficient (Wildman–Crippen LogP) is 3.18. The minimum absolute atomic E-state index is 0.126. The third-order valence-corrected chi connectivity index (χ3v) is 5.28. The second-order valence-corrected chi connectivity index (χ2v) is 6.75. The summed E-state index contributed by atoms with van der Waals surface area (Å²) in [6.07, 6.45) is 4.69. The van der Waals surface area contributed by atoms with E-state index in [2.05, 4.69) is 12.2 Å². The molecule has 2 heterocycles. The first-order chi connectivity index (χ1) is 13.2. The highest BCUT2D eigenvalue weighted by atomic mass is 16.7. The SMILES string of the molecule is CCOC(CN1C(=O)O[C@@]2(c3ccc4c(c3)OCO4)CC=CC[C@@H]12)OCC. The van der Waals surface area contributed by atoms with Crippen molar-refractivity contribution in [3.05, 3.63) is 35.9 Å². The maximum atomic E-state index is 12.8. The van der Waals surface area contributed by atoms with E-state index in [1.54, 1.807) is 4.90 Å². The first-order valence-corrected chi connectivity index (χ1v) is 9.46. The summed E-state index contributed by atoms with van der Waals surface area (Å²) in [5, 5.41) is 0. The van der Waals surface area contributed by atoms with Crippen molar-refractivity contribution in [3.8, 4) is 11.5 Å². The molecule has 0 spiro atoms. The summed E-state index contributed by atoms with van der Waals surface area (Å²) in [6.45, 7) is 5.41. The van der Waals surface area contributed by atoms with Crippen LogP contribution in [0.3, 0.4) is 0 Å². The molecule has 2 aliphatic heterocycles. The zero-order chi connectivity index (χ0) is 18.9. The smallest absolute Gasteiger partial charge is 0.411 e. The topological polar surface area (TPSA) is 66.5 Å². The van der Waals surface area contributed by atoms with Crippen molar-refractivity contribution in [3.63, 3.8) is 0 Å². The lowest BCUT2D eigenvalue weighted by atomic mass is 9.78. The van der Waals surface area contributed by atoms with Gasteiger partial charge in [0.05, 0.1) is 12.6 Å². The molecule has 1 fully saturated rings. The van der Waals surface area contributed by atoms with Gasteiger partial charge in [0.25, 0.3) is 0 Å². The molecule has 1 aromatic rings. The van der Waals surface area contributed by atoms with Gasteiger partial charge in [-0.15, -0.1) is 0 Å². The van der Waals surface area contributed by atoms with Crippen LogP contribution in [0.5, 0.6) is 11.5 Å². The summed E-state index contributed by atoms with van der Waals surface area (Å²) in [7, 11) is 0. The third-order valence-electron chi connectivity index (χ3n) is 5.28. The molecule has 2 atom stereocenters. The van der Waals surface area contributed by atoms with Crippen LogP contribution in [0.15, 0.2) is 30.4 Å². The van der Waals surface area contributed by atoms with Gasteiger partial charge < -0.3 is 23.7 Å². The van der Waals surface area contributed by atoms with E-state index in [9.17, 15) is 4.79 Å². The molecule has 1 amide bonds. The Balaban J connectivity index is 1.64. The van der Waals surface area contributed by atoms with Crippen molar-refractivity contribution in [2.45, 2.75) is 44.6 Å². The lowest BCUT2D eigenvalue weighted by Crippen LogP contribution is -2.47. The van der Waals surface area contributed by atoms with Crippen molar-refractivity contribution >= 4 is 6.09 Å². The number of hydrogen-bond donors (Lipinski definition) is 0. The van der Waals surface area contributed by atoms with Gasteiger partial charge >= 0.3 is 6.09 Å². The van der Waals surface area contributed by atoms with Gasteiger partial charge in [-0.2, -0.15) is 0 Å². The maximum Gasteiger partial charge on any atom is 0.411 e. The van der Waals surface area contributed by atoms with E-state index in [1.165, 1.54) is 0 Å². The van der Waals surface area contributed by atoms with E-state index in [-0.39, 0.29) is 18.9 Å². The molecule has 1 aliphatic carbocycles. The highest BCUT2D eigenvalue weighted by molar-refractivity contribution is 5.73. The van der Waals surface area contributed by atoms with Gasteiger partial charge in [0.15, 0.2) is 23.4 Å². The van der Waals surface area contributed by atoms with E-state index >= 15 is 0 Å². The quantitative estimate of drug-likeness (QED) is 0.539. The summed E-state index contributed by atoms with van der Waals surface area (Å²) in [5.41, 5.74) is 0.178. The lowest BCUT2D eigenvalue weighted by Gasteiger charge is -2.37. The Labute approximate surface area is 158 Å². The molecule has 4 rings (SSSR count). The molecule has 7 heteroatoms. The fraction of sp³-hybridized carbons (Fsp3) is 0.550. The van der Waals surface area contributed by atoms with Gasteiger partial charge in [0.1, 0.15) is 0 Å². The number of hydrogen-bond acceptors (Lipinski definition) is 6. The normalized spacial score (nSPS) is 25.8. The van der Waals surface area contributed by atoms with Crippen LogP contribution in [0.25, 0.3) is 0 Å². The Morgan fingerprint density at radius 3 is 2.74 bits per heavy atom. The van der Waals surface area contributed by atoms with Crippen LogP contribution in [0, 0.1) is 0 Å². The fourth-order valence-electron chi connectivity index (χ4n) is 4.06. The van der Waals surface area contributed by atoms with Gasteiger partial charge in [-0.3, -0.25) is 4.90 Å². The van der Waals surface area contributed by atoms with E-state index < -0.39 is 11.9 Å². The van der Waals surface area contributed by atoms with Crippen LogP contribution < -0.4 is 9.47 Å². The Bertz CT molecular complexity index is 729. The van der Waals surface area contributed by atoms with Crippen molar-refractivity contribution < 1.29 is 28.5 Å². The van der Waals surface area contributed by atoms with E-state index in [1.807, 2.05) is 32.0 Å². The first-order valence-electron chi connectivity index (χ1n) is 9.46. The molecule has 1 saturated heterocycles. The van der Waals surface area contributed by atoms with Crippen LogP contribution in [-0.4, -0.2) is 49.9 Å². The largest absolute Gasteiger partial charge is 0.454 e. The van der Waals surface area contributed by atoms with Crippen molar-refractivity contribution in [2.75, 3.05) is 26.6 Å². The first kappa shape index (κ1) is 18.1. The highest BCUT2D eigenvalue weighted by Gasteiger charge is 2.55. The van der Waals surface area contributed by atoms with E-state index in [4.69, 9.17) is 23.7 Å². The zero-order valence-corrected chi connectivity index (χ0v) is 15.7. The molecule has 0 bridgehead atoms. The summed E-state index contributed by atoms with van der Waals surface area (Å²) < 4.78 is 28.2. The zero-order valence-electron chi connectivity index (χ0n) is 15.7. The van der Waals surface area contributed by atoms with Crippen molar-refractivity contribution in [2.24, 2.45) is 0 Å². The van der Waals surface area contributed by atoms with Crippen LogP contribution in [-0.2, 0) is 19.8 Å². The standard InChI is InChI=1S/C20H25NO6/c1-3-23-18(24-4-2)12-21-17-7-5-6-10-20(17,27-19(21)22)14-8-9-15-16(11-14)26-13-25-15/h5-6,8-9,11,17-18H,3-4,7,10,12-13H2,1-2H3/t17-,20-/m1/s1. The number of fused-ring (bicyclic) bond motifs is 2. The van der Waals surface area contributed by atoms with Gasteiger partial charge in [-0.05, 0) is 32.4 Å². The van der Waals surface area contributed by atoms with Gasteiger partial charge in [0.2, 0.25) is 6.79 Å². The molecular formula is C20H25NO6. The second-order valence-electron chi connectivity index (χ2n) is 6.75. The number of carbonyl (C=O) groups is 1. The van der Waals surface area contributed by atoms with Crippen LogP contribution in [0.4, 0.5) is 4.79 Å². The summed E-state index contributed by atoms with van der Waals surface area (Å²) >= 11 is 0. The number of nitrogens with zero attached hydrogens (tertiary/aromatic N) is 1. The average molecular weight is 375 g/mol. The van der Waals surface area contributed by atoms with Crippen LogP contribution >= 0.6 is 0 Å². The number of benzene rings is 1. The third kappa shape index (κ3) is 3.15. The Hall–Kier alpha value is -2.25. The lowest BCUT2D eigenvalue weighted by molar-refractivity contribution is -0.145. The Morgan fingerprint density at radius 1 is 1.19 bits per heavy atom. The van der Waals surface area contributed by atoms with Gasteiger partial charge in [-0.25, -0.2) is 4.79 Å². The molecule has 0 radical (unpaired) electrons.